The van der Waals surface area contributed by atoms with E-state index >= 15 is 0 Å². The number of anilines is 1. The summed E-state index contributed by atoms with van der Waals surface area (Å²) in [6, 6.07) is 19.1. The van der Waals surface area contributed by atoms with Crippen LogP contribution in [0.4, 0.5) is 5.69 Å². The third-order valence-corrected chi connectivity index (χ3v) is 5.27. The Kier molecular flexibility index (Phi) is 8.11. The van der Waals surface area contributed by atoms with Gasteiger partial charge in [-0.15, -0.1) is 0 Å². The highest BCUT2D eigenvalue weighted by Gasteiger charge is 2.15. The van der Waals surface area contributed by atoms with Crippen molar-refractivity contribution in [1.82, 2.24) is 5.43 Å². The van der Waals surface area contributed by atoms with Gasteiger partial charge >= 0.3 is 11.8 Å². The number of hydrazone groups is 1. The monoisotopic (exact) mass is 489 g/mol. The van der Waals surface area contributed by atoms with Crippen LogP contribution in [0, 0.1) is 0 Å². The van der Waals surface area contributed by atoms with Crippen molar-refractivity contribution in [2.45, 2.75) is 13.5 Å². The van der Waals surface area contributed by atoms with Crippen molar-refractivity contribution in [3.05, 3.63) is 92.9 Å². The lowest BCUT2D eigenvalue weighted by Gasteiger charge is -2.09. The van der Waals surface area contributed by atoms with Gasteiger partial charge in [-0.25, -0.2) is 5.43 Å². The van der Waals surface area contributed by atoms with Gasteiger partial charge in [0.2, 0.25) is 0 Å². The van der Waals surface area contributed by atoms with Gasteiger partial charge in [-0.1, -0.05) is 53.0 Å². The smallest absolute Gasteiger partial charge is 0.329 e. The van der Waals surface area contributed by atoms with Crippen molar-refractivity contribution in [2.24, 2.45) is 5.10 Å². The molecule has 0 atom stereocenters. The fourth-order valence-corrected chi connectivity index (χ4v) is 3.12. The minimum atomic E-state index is -0.944. The van der Waals surface area contributed by atoms with E-state index in [-0.39, 0.29) is 10.7 Å². The molecule has 0 saturated carbocycles. The van der Waals surface area contributed by atoms with Crippen molar-refractivity contribution in [3.8, 4) is 5.75 Å². The van der Waals surface area contributed by atoms with Gasteiger partial charge in [0.15, 0.2) is 0 Å². The molecule has 3 rings (SSSR count). The number of carbonyl (C=O) groups excluding carboxylic acids is 2. The second-order valence-electron chi connectivity index (χ2n) is 6.62. The lowest BCUT2D eigenvalue weighted by molar-refractivity contribution is -0.136. The van der Waals surface area contributed by atoms with E-state index in [1.54, 1.807) is 43.3 Å². The fraction of sp³-hybridized carbons (Fsp3) is 0.0870. The van der Waals surface area contributed by atoms with E-state index in [2.05, 4.69) is 15.8 Å². The summed E-state index contributed by atoms with van der Waals surface area (Å²) in [5.74, 6) is -1.21. The van der Waals surface area contributed by atoms with Gasteiger partial charge in [0.25, 0.3) is 0 Å². The normalized spacial score (nSPS) is 11.1. The maximum Gasteiger partial charge on any atom is 0.329 e. The van der Waals surface area contributed by atoms with Crippen LogP contribution in [-0.2, 0) is 16.2 Å². The molecular formula is C23H18Cl3N3O3. The molecule has 2 amide bonds. The third-order valence-electron chi connectivity index (χ3n) is 4.33. The van der Waals surface area contributed by atoms with Crippen LogP contribution in [0.1, 0.15) is 18.1 Å². The van der Waals surface area contributed by atoms with Crippen LogP contribution in [-0.4, -0.2) is 17.5 Å². The van der Waals surface area contributed by atoms with E-state index in [0.29, 0.717) is 28.1 Å². The second-order valence-corrected chi connectivity index (χ2v) is 7.87. The quantitative estimate of drug-likeness (QED) is 0.264. The first-order valence-corrected chi connectivity index (χ1v) is 10.5. The maximum atomic E-state index is 12.1. The van der Waals surface area contributed by atoms with E-state index in [0.717, 1.165) is 11.1 Å². The maximum absolute atomic E-state index is 12.1. The van der Waals surface area contributed by atoms with Crippen LogP contribution < -0.4 is 15.5 Å². The molecule has 0 heterocycles. The van der Waals surface area contributed by atoms with E-state index in [1.165, 1.54) is 12.1 Å². The lowest BCUT2D eigenvalue weighted by atomic mass is 10.1. The Morgan fingerprint density at radius 1 is 0.906 bits per heavy atom. The predicted molar refractivity (Wildman–Crippen MR) is 128 cm³/mol. The van der Waals surface area contributed by atoms with Gasteiger partial charge in [0, 0.05) is 15.6 Å². The zero-order chi connectivity index (χ0) is 23.1. The molecule has 32 heavy (non-hydrogen) atoms. The summed E-state index contributed by atoms with van der Waals surface area (Å²) in [6.07, 6.45) is 0. The molecule has 0 fully saturated rings. The van der Waals surface area contributed by atoms with E-state index < -0.39 is 11.8 Å². The fourth-order valence-electron chi connectivity index (χ4n) is 2.59. The number of amides is 2. The SMILES string of the molecule is CC(=NNC(=O)C(=O)Nc1cc(Cl)ccc1Cl)c1ccc(OCc2ccccc2Cl)cc1. The number of hydrogen-bond acceptors (Lipinski definition) is 4. The number of carbonyl (C=O) groups is 2. The number of nitrogens with zero attached hydrogens (tertiary/aromatic N) is 1. The first-order chi connectivity index (χ1) is 15.3. The standard InChI is InChI=1S/C23H18Cl3N3O3/c1-14(28-29-23(31)22(30)27-21-12-17(24)8-11-20(21)26)15-6-9-18(10-7-15)32-13-16-4-2-3-5-19(16)25/h2-12H,13H2,1H3,(H,27,30)(H,29,31). The molecule has 0 bridgehead atoms. The van der Waals surface area contributed by atoms with Crippen LogP contribution in [0.2, 0.25) is 15.1 Å². The summed E-state index contributed by atoms with van der Waals surface area (Å²) in [6.45, 7) is 2.04. The topological polar surface area (TPSA) is 79.8 Å². The molecular weight excluding hydrogens is 473 g/mol. The Balaban J connectivity index is 1.55. The van der Waals surface area contributed by atoms with Gasteiger partial charge in [-0.2, -0.15) is 5.10 Å². The number of nitrogens with one attached hydrogen (secondary N) is 2. The van der Waals surface area contributed by atoms with E-state index in [9.17, 15) is 9.59 Å². The molecule has 6 nitrogen and oxygen atoms in total. The Hall–Kier alpha value is -3.06. The van der Waals surface area contributed by atoms with Crippen LogP contribution >= 0.6 is 34.8 Å². The van der Waals surface area contributed by atoms with Gasteiger partial charge < -0.3 is 10.1 Å². The molecule has 3 aromatic carbocycles. The Labute approximate surface area is 200 Å². The number of benzene rings is 3. The second kappa shape index (κ2) is 11.0. The number of ether oxygens (including phenoxy) is 1. The molecule has 164 valence electrons. The van der Waals surface area contributed by atoms with Crippen molar-refractivity contribution >= 4 is 58.0 Å². The first-order valence-electron chi connectivity index (χ1n) is 9.41. The number of halogens is 3. The third kappa shape index (κ3) is 6.47. The zero-order valence-electron chi connectivity index (χ0n) is 16.9. The molecule has 0 spiro atoms. The minimum absolute atomic E-state index is 0.229. The summed E-state index contributed by atoms with van der Waals surface area (Å²) < 4.78 is 5.74. The Morgan fingerprint density at radius 2 is 1.62 bits per heavy atom. The molecule has 0 aliphatic rings. The Bertz CT molecular complexity index is 1160. The highest BCUT2D eigenvalue weighted by Crippen LogP contribution is 2.25. The first kappa shape index (κ1) is 23.6. The van der Waals surface area contributed by atoms with Gasteiger partial charge in [0.1, 0.15) is 12.4 Å². The molecule has 0 saturated heterocycles. The number of rotatable bonds is 6. The van der Waals surface area contributed by atoms with Crippen molar-refractivity contribution < 1.29 is 14.3 Å². The number of hydrogen-bond donors (Lipinski definition) is 2. The molecule has 0 aliphatic heterocycles. The minimum Gasteiger partial charge on any atom is -0.489 e. The molecule has 0 radical (unpaired) electrons. The van der Waals surface area contributed by atoms with Gasteiger partial charge in [-0.05, 0) is 61.0 Å². The molecule has 9 heteroatoms. The van der Waals surface area contributed by atoms with Crippen LogP contribution in [0.5, 0.6) is 5.75 Å². The average Bonchev–Trinajstić information content (AvgIpc) is 2.79. The van der Waals surface area contributed by atoms with Crippen LogP contribution in [0.25, 0.3) is 0 Å². The van der Waals surface area contributed by atoms with Crippen LogP contribution in [0.15, 0.2) is 71.8 Å². The van der Waals surface area contributed by atoms with Crippen molar-refractivity contribution in [2.75, 3.05) is 5.32 Å². The molecule has 3 aromatic rings. The molecule has 2 N–H and O–H groups in total. The van der Waals surface area contributed by atoms with E-state index in [1.807, 2.05) is 18.2 Å². The molecule has 0 unspecified atom stereocenters. The van der Waals surface area contributed by atoms with Crippen LogP contribution in [0.3, 0.4) is 0 Å². The lowest BCUT2D eigenvalue weighted by Crippen LogP contribution is -2.33. The zero-order valence-corrected chi connectivity index (χ0v) is 19.1. The average molecular weight is 491 g/mol. The highest BCUT2D eigenvalue weighted by molar-refractivity contribution is 6.42. The summed E-state index contributed by atoms with van der Waals surface area (Å²) in [5, 5.41) is 7.63. The Morgan fingerprint density at radius 3 is 2.34 bits per heavy atom. The molecule has 0 aromatic heterocycles. The van der Waals surface area contributed by atoms with Crippen molar-refractivity contribution in [3.63, 3.8) is 0 Å². The largest absolute Gasteiger partial charge is 0.489 e. The summed E-state index contributed by atoms with van der Waals surface area (Å²) in [7, 11) is 0. The van der Waals surface area contributed by atoms with Crippen molar-refractivity contribution in [1.29, 1.82) is 0 Å². The highest BCUT2D eigenvalue weighted by atomic mass is 35.5. The van der Waals surface area contributed by atoms with E-state index in [4.69, 9.17) is 39.5 Å². The van der Waals surface area contributed by atoms with Gasteiger partial charge in [0.05, 0.1) is 16.4 Å². The summed E-state index contributed by atoms with van der Waals surface area (Å²) in [4.78, 5) is 24.1. The molecule has 0 aliphatic carbocycles. The predicted octanol–water partition coefficient (Wildman–Crippen LogP) is 5.70. The summed E-state index contributed by atoms with van der Waals surface area (Å²) >= 11 is 18.0. The van der Waals surface area contributed by atoms with Gasteiger partial charge in [-0.3, -0.25) is 9.59 Å². The summed E-state index contributed by atoms with van der Waals surface area (Å²) in [5.41, 5.74) is 4.58.